The Morgan fingerprint density at radius 1 is 1.43 bits per heavy atom. The summed E-state index contributed by atoms with van der Waals surface area (Å²) in [5.74, 6) is 2.18. The zero-order valence-corrected chi connectivity index (χ0v) is 16.6. The molecule has 0 aromatic heterocycles. The van der Waals surface area contributed by atoms with E-state index < -0.39 is 0 Å². The van der Waals surface area contributed by atoms with Gasteiger partial charge in [-0.2, -0.15) is 0 Å². The van der Waals surface area contributed by atoms with Crippen LogP contribution in [0.4, 0.5) is 0 Å². The number of hydrogen-bond donors (Lipinski definition) is 2. The lowest BCUT2D eigenvalue weighted by molar-refractivity contribution is 0.304. The van der Waals surface area contributed by atoms with E-state index in [1.54, 1.807) is 7.11 Å². The fraction of sp³-hybridized carbons (Fsp3) is 0.588. The van der Waals surface area contributed by atoms with Gasteiger partial charge in [0.05, 0.1) is 19.7 Å². The first-order valence-electron chi connectivity index (χ1n) is 7.94. The summed E-state index contributed by atoms with van der Waals surface area (Å²) in [6, 6.07) is 8.29. The van der Waals surface area contributed by atoms with E-state index >= 15 is 0 Å². The number of halogens is 1. The van der Waals surface area contributed by atoms with Gasteiger partial charge in [0.25, 0.3) is 0 Å². The van der Waals surface area contributed by atoms with E-state index in [4.69, 9.17) is 10.5 Å². The quantitative estimate of drug-likeness (QED) is 0.395. The Morgan fingerprint density at radius 3 is 2.74 bits per heavy atom. The number of nitrogens with one attached hydrogen (secondary N) is 1. The number of rotatable bonds is 7. The smallest absolute Gasteiger partial charge is 0.188 e. The molecule has 0 radical (unpaired) electrons. The van der Waals surface area contributed by atoms with Gasteiger partial charge >= 0.3 is 0 Å². The summed E-state index contributed by atoms with van der Waals surface area (Å²) in [6.45, 7) is 1.57. The van der Waals surface area contributed by atoms with Crippen molar-refractivity contribution in [3.63, 3.8) is 0 Å². The van der Waals surface area contributed by atoms with Gasteiger partial charge in [0, 0.05) is 6.54 Å². The predicted octanol–water partition coefficient (Wildman–Crippen LogP) is 2.62. The average Bonchev–Trinajstić information content (AvgIpc) is 2.45. The van der Waals surface area contributed by atoms with Crippen LogP contribution in [-0.2, 0) is 0 Å². The molecule has 5 nitrogen and oxygen atoms in total. The maximum absolute atomic E-state index is 5.98. The molecule has 23 heavy (non-hydrogen) atoms. The highest BCUT2D eigenvalue weighted by Crippen LogP contribution is 2.25. The van der Waals surface area contributed by atoms with Crippen molar-refractivity contribution in [1.82, 2.24) is 10.2 Å². The zero-order valence-electron chi connectivity index (χ0n) is 14.3. The number of nitrogens with zero attached hydrogens (tertiary/aromatic N) is 2. The number of methoxy groups -OCH3 is 1. The van der Waals surface area contributed by atoms with Gasteiger partial charge in [-0.15, -0.1) is 24.0 Å². The van der Waals surface area contributed by atoms with Gasteiger partial charge in [-0.1, -0.05) is 18.6 Å². The maximum atomic E-state index is 5.98. The second-order valence-electron chi connectivity index (χ2n) is 6.16. The van der Waals surface area contributed by atoms with Crippen LogP contribution in [0.1, 0.15) is 30.9 Å². The van der Waals surface area contributed by atoms with Gasteiger partial charge in [-0.3, -0.25) is 4.99 Å². The van der Waals surface area contributed by atoms with Crippen molar-refractivity contribution in [3.05, 3.63) is 29.8 Å². The molecule has 3 N–H and O–H groups in total. The highest BCUT2D eigenvalue weighted by molar-refractivity contribution is 14.0. The molecule has 2 rings (SSSR count). The molecule has 130 valence electrons. The van der Waals surface area contributed by atoms with E-state index in [0.717, 1.165) is 18.2 Å². The average molecular weight is 432 g/mol. The van der Waals surface area contributed by atoms with Gasteiger partial charge in [-0.05, 0) is 50.6 Å². The molecule has 1 aromatic rings. The van der Waals surface area contributed by atoms with Gasteiger partial charge in [0.15, 0.2) is 5.96 Å². The van der Waals surface area contributed by atoms with Gasteiger partial charge < -0.3 is 20.7 Å². The minimum absolute atomic E-state index is 0. The molecule has 1 fully saturated rings. The standard InChI is InChI=1S/C17H28N4O.HI/c1-21(2)16(14-8-5-9-15(10-14)22-3)12-20-17(18)19-11-13-6-4-7-13;/h5,8-10,13,16H,4,6-7,11-12H2,1-3H3,(H3,18,19,20);1H. The van der Waals surface area contributed by atoms with Crippen molar-refractivity contribution in [3.8, 4) is 5.75 Å². The third-order valence-corrected chi connectivity index (χ3v) is 4.33. The van der Waals surface area contributed by atoms with E-state index in [9.17, 15) is 0 Å². The summed E-state index contributed by atoms with van der Waals surface area (Å²) < 4.78 is 5.30. The Bertz CT molecular complexity index is 503. The number of nitrogens with two attached hydrogens (primary N) is 1. The number of benzene rings is 1. The maximum Gasteiger partial charge on any atom is 0.188 e. The lowest BCUT2D eigenvalue weighted by Gasteiger charge is -2.26. The lowest BCUT2D eigenvalue weighted by atomic mass is 9.85. The highest BCUT2D eigenvalue weighted by atomic mass is 127. The predicted molar refractivity (Wildman–Crippen MR) is 107 cm³/mol. The van der Waals surface area contributed by atoms with Crippen LogP contribution < -0.4 is 15.8 Å². The Kier molecular flexibility index (Phi) is 8.68. The van der Waals surface area contributed by atoms with E-state index in [1.165, 1.54) is 24.8 Å². The molecule has 6 heteroatoms. The van der Waals surface area contributed by atoms with Crippen molar-refractivity contribution >= 4 is 29.9 Å². The summed E-state index contributed by atoms with van der Waals surface area (Å²) >= 11 is 0. The fourth-order valence-corrected chi connectivity index (χ4v) is 2.60. The van der Waals surface area contributed by atoms with Crippen molar-refractivity contribution in [2.24, 2.45) is 16.6 Å². The van der Waals surface area contributed by atoms with Crippen LogP contribution in [-0.4, -0.2) is 45.2 Å². The van der Waals surface area contributed by atoms with Crippen molar-refractivity contribution in [2.75, 3.05) is 34.3 Å². The van der Waals surface area contributed by atoms with Crippen molar-refractivity contribution in [2.45, 2.75) is 25.3 Å². The second-order valence-corrected chi connectivity index (χ2v) is 6.16. The van der Waals surface area contributed by atoms with Crippen LogP contribution in [0.15, 0.2) is 29.3 Å². The third-order valence-electron chi connectivity index (χ3n) is 4.33. The molecule has 1 aromatic carbocycles. The molecule has 1 saturated carbocycles. The minimum Gasteiger partial charge on any atom is -0.497 e. The van der Waals surface area contributed by atoms with Crippen LogP contribution in [0.3, 0.4) is 0 Å². The molecular weight excluding hydrogens is 403 g/mol. The molecule has 1 unspecified atom stereocenters. The Morgan fingerprint density at radius 2 is 2.17 bits per heavy atom. The summed E-state index contributed by atoms with van der Waals surface area (Å²) in [5, 5.41) is 3.24. The third kappa shape index (κ3) is 6.18. The first kappa shape index (κ1) is 20.0. The number of likely N-dealkylation sites (N-methyl/N-ethyl adjacent to an activating group) is 1. The van der Waals surface area contributed by atoms with E-state index in [1.807, 2.05) is 12.1 Å². The first-order chi connectivity index (χ1) is 10.6. The van der Waals surface area contributed by atoms with Crippen molar-refractivity contribution < 1.29 is 4.74 Å². The fourth-order valence-electron chi connectivity index (χ4n) is 2.60. The highest BCUT2D eigenvalue weighted by Gasteiger charge is 2.17. The second kappa shape index (κ2) is 9.97. The van der Waals surface area contributed by atoms with Crippen molar-refractivity contribution in [1.29, 1.82) is 0 Å². The molecular formula is C17H29IN4O. The number of aliphatic imine (C=N–C) groups is 1. The molecule has 0 amide bonds. The molecule has 0 aliphatic heterocycles. The summed E-state index contributed by atoms with van der Waals surface area (Å²) in [5.41, 5.74) is 7.16. The van der Waals surface area contributed by atoms with Crippen LogP contribution in [0.5, 0.6) is 5.75 Å². The van der Waals surface area contributed by atoms with E-state index in [0.29, 0.717) is 12.5 Å². The molecule has 1 aliphatic carbocycles. The Balaban J connectivity index is 0.00000264. The van der Waals surface area contributed by atoms with Crippen LogP contribution in [0.2, 0.25) is 0 Å². The van der Waals surface area contributed by atoms with Gasteiger partial charge in [-0.25, -0.2) is 0 Å². The SMILES string of the molecule is COc1cccc(C(CN=C(N)NCC2CCC2)N(C)C)c1.I. The molecule has 1 atom stereocenters. The zero-order chi connectivity index (χ0) is 15.9. The lowest BCUT2D eigenvalue weighted by Crippen LogP contribution is -2.38. The summed E-state index contributed by atoms with van der Waals surface area (Å²) in [6.07, 6.45) is 3.97. The number of hydrogen-bond acceptors (Lipinski definition) is 3. The summed E-state index contributed by atoms with van der Waals surface area (Å²) in [4.78, 5) is 6.66. The van der Waals surface area contributed by atoms with E-state index in [2.05, 4.69) is 41.4 Å². The number of ether oxygens (including phenoxy) is 1. The monoisotopic (exact) mass is 432 g/mol. The minimum atomic E-state index is 0. The van der Waals surface area contributed by atoms with Gasteiger partial charge in [0.1, 0.15) is 5.75 Å². The van der Waals surface area contributed by atoms with Gasteiger partial charge in [0.2, 0.25) is 0 Å². The molecule has 0 heterocycles. The van der Waals surface area contributed by atoms with Crippen LogP contribution >= 0.6 is 24.0 Å². The largest absolute Gasteiger partial charge is 0.497 e. The molecule has 0 bridgehead atoms. The molecule has 0 spiro atoms. The Labute approximate surface area is 156 Å². The van der Waals surface area contributed by atoms with Crippen LogP contribution in [0.25, 0.3) is 0 Å². The molecule has 0 saturated heterocycles. The van der Waals surface area contributed by atoms with Crippen LogP contribution in [0, 0.1) is 5.92 Å². The Hall–Kier alpha value is -1.02. The summed E-state index contributed by atoms with van der Waals surface area (Å²) in [7, 11) is 5.79. The number of guanidine groups is 1. The first-order valence-corrected chi connectivity index (χ1v) is 7.94. The van der Waals surface area contributed by atoms with E-state index in [-0.39, 0.29) is 30.0 Å². The topological polar surface area (TPSA) is 62.9 Å². The molecule has 1 aliphatic rings. The normalized spacial score (nSPS) is 16.4.